The number of anilines is 1. The summed E-state index contributed by atoms with van der Waals surface area (Å²) in [5.74, 6) is 1.73. The standard InChI is InChI=1S/C21H23Cl2NO2/c1-26-20-11-6-16(13-19(20)23)15-4-2-14(3-5-15)12-21(25)24-18-9-7-17(22)8-10-18/h6-11,13-15H,2-5,12H2,1H3,(H,24,25)/t14-,15-. The predicted molar refractivity (Wildman–Crippen MR) is 107 cm³/mol. The first-order valence-electron chi connectivity index (χ1n) is 8.94. The molecule has 1 fully saturated rings. The lowest BCUT2D eigenvalue weighted by Crippen LogP contribution is -2.20. The van der Waals surface area contributed by atoms with Gasteiger partial charge in [0.25, 0.3) is 0 Å². The lowest BCUT2D eigenvalue weighted by atomic mass is 9.77. The third-order valence-corrected chi connectivity index (χ3v) is 5.64. The fraction of sp³-hybridized carbons (Fsp3) is 0.381. The number of carbonyl (C=O) groups excluding carboxylic acids is 1. The largest absolute Gasteiger partial charge is 0.495 e. The van der Waals surface area contributed by atoms with E-state index >= 15 is 0 Å². The van der Waals surface area contributed by atoms with Gasteiger partial charge in [0.1, 0.15) is 5.75 Å². The van der Waals surface area contributed by atoms with Crippen LogP contribution in [0.3, 0.4) is 0 Å². The molecule has 3 rings (SSSR count). The SMILES string of the molecule is COc1ccc([C@H]2CC[C@H](CC(=O)Nc3ccc(Cl)cc3)CC2)cc1Cl. The highest BCUT2D eigenvalue weighted by molar-refractivity contribution is 6.32. The molecular formula is C21H23Cl2NO2. The second kappa shape index (κ2) is 8.79. The Morgan fingerprint density at radius 1 is 1.08 bits per heavy atom. The number of methoxy groups -OCH3 is 1. The molecule has 0 aliphatic heterocycles. The predicted octanol–water partition coefficient (Wildman–Crippen LogP) is 6.30. The number of benzene rings is 2. The molecule has 0 aromatic heterocycles. The Morgan fingerprint density at radius 3 is 2.38 bits per heavy atom. The molecular weight excluding hydrogens is 369 g/mol. The van der Waals surface area contributed by atoms with Crippen LogP contribution in [0.1, 0.15) is 43.6 Å². The van der Waals surface area contributed by atoms with Gasteiger partial charge in [-0.2, -0.15) is 0 Å². The number of carbonyl (C=O) groups is 1. The molecule has 0 heterocycles. The summed E-state index contributed by atoms with van der Waals surface area (Å²) in [6.45, 7) is 0. The molecule has 1 N–H and O–H groups in total. The maximum absolute atomic E-state index is 12.3. The van der Waals surface area contributed by atoms with Crippen molar-refractivity contribution >= 4 is 34.8 Å². The minimum absolute atomic E-state index is 0.0725. The summed E-state index contributed by atoms with van der Waals surface area (Å²) in [5.41, 5.74) is 2.06. The summed E-state index contributed by atoms with van der Waals surface area (Å²) in [5, 5.41) is 4.28. The second-order valence-electron chi connectivity index (χ2n) is 6.87. The Morgan fingerprint density at radius 2 is 1.77 bits per heavy atom. The van der Waals surface area contributed by atoms with Crippen LogP contribution in [0.15, 0.2) is 42.5 Å². The quantitative estimate of drug-likeness (QED) is 0.648. The van der Waals surface area contributed by atoms with Gasteiger partial charge in [0.05, 0.1) is 12.1 Å². The van der Waals surface area contributed by atoms with Gasteiger partial charge in [-0.15, -0.1) is 0 Å². The summed E-state index contributed by atoms with van der Waals surface area (Å²) in [6.07, 6.45) is 4.85. The topological polar surface area (TPSA) is 38.3 Å². The molecule has 0 atom stereocenters. The Bertz CT molecular complexity index is 753. The van der Waals surface area contributed by atoms with Crippen molar-refractivity contribution in [3.05, 3.63) is 58.1 Å². The van der Waals surface area contributed by atoms with E-state index in [0.717, 1.165) is 31.4 Å². The van der Waals surface area contributed by atoms with Crippen LogP contribution in [0.4, 0.5) is 5.69 Å². The Balaban J connectivity index is 1.49. The van der Waals surface area contributed by atoms with Gasteiger partial charge in [0.2, 0.25) is 5.91 Å². The molecule has 5 heteroatoms. The fourth-order valence-electron chi connectivity index (χ4n) is 3.64. The number of halogens is 2. The van der Waals surface area contributed by atoms with Crippen molar-refractivity contribution in [2.24, 2.45) is 5.92 Å². The van der Waals surface area contributed by atoms with Crippen molar-refractivity contribution < 1.29 is 9.53 Å². The van der Waals surface area contributed by atoms with E-state index in [0.29, 0.717) is 34.1 Å². The summed E-state index contributed by atoms with van der Waals surface area (Å²) in [7, 11) is 1.63. The van der Waals surface area contributed by atoms with Crippen molar-refractivity contribution in [2.75, 3.05) is 12.4 Å². The molecule has 26 heavy (non-hydrogen) atoms. The number of amides is 1. The monoisotopic (exact) mass is 391 g/mol. The summed E-state index contributed by atoms with van der Waals surface area (Å²) in [6, 6.07) is 13.3. The van der Waals surface area contributed by atoms with E-state index < -0.39 is 0 Å². The number of hydrogen-bond donors (Lipinski definition) is 1. The zero-order chi connectivity index (χ0) is 18.5. The lowest BCUT2D eigenvalue weighted by molar-refractivity contribution is -0.117. The number of rotatable bonds is 5. The molecule has 138 valence electrons. The third kappa shape index (κ3) is 4.93. The average molecular weight is 392 g/mol. The van der Waals surface area contributed by atoms with E-state index in [4.69, 9.17) is 27.9 Å². The van der Waals surface area contributed by atoms with Crippen molar-refractivity contribution in [1.82, 2.24) is 0 Å². The Kier molecular flexibility index (Phi) is 6.44. The van der Waals surface area contributed by atoms with E-state index in [1.165, 1.54) is 5.56 Å². The van der Waals surface area contributed by atoms with Gasteiger partial charge >= 0.3 is 0 Å². The zero-order valence-electron chi connectivity index (χ0n) is 14.8. The van der Waals surface area contributed by atoms with Crippen molar-refractivity contribution in [1.29, 1.82) is 0 Å². The molecule has 2 aromatic rings. The van der Waals surface area contributed by atoms with E-state index in [1.807, 2.05) is 24.3 Å². The lowest BCUT2D eigenvalue weighted by Gasteiger charge is -2.28. The third-order valence-electron chi connectivity index (χ3n) is 5.10. The number of ether oxygens (including phenoxy) is 1. The van der Waals surface area contributed by atoms with Crippen LogP contribution >= 0.6 is 23.2 Å². The minimum Gasteiger partial charge on any atom is -0.495 e. The van der Waals surface area contributed by atoms with Gasteiger partial charge in [-0.05, 0) is 79.5 Å². The van der Waals surface area contributed by atoms with Crippen molar-refractivity contribution in [3.8, 4) is 5.75 Å². The van der Waals surface area contributed by atoms with Crippen molar-refractivity contribution in [3.63, 3.8) is 0 Å². The van der Waals surface area contributed by atoms with Crippen LogP contribution in [-0.2, 0) is 4.79 Å². The van der Waals surface area contributed by atoms with Gasteiger partial charge in [0, 0.05) is 17.1 Å². The first-order valence-corrected chi connectivity index (χ1v) is 9.69. The molecule has 0 bridgehead atoms. The van der Waals surface area contributed by atoms with Gasteiger partial charge in [0.15, 0.2) is 0 Å². The molecule has 1 aliphatic rings. The molecule has 0 radical (unpaired) electrons. The summed E-state index contributed by atoms with van der Waals surface area (Å²) in [4.78, 5) is 12.3. The summed E-state index contributed by atoms with van der Waals surface area (Å²) < 4.78 is 5.22. The van der Waals surface area contributed by atoms with E-state index in [9.17, 15) is 4.79 Å². The second-order valence-corrected chi connectivity index (χ2v) is 7.71. The first-order chi connectivity index (χ1) is 12.5. The zero-order valence-corrected chi connectivity index (χ0v) is 16.3. The van der Waals surface area contributed by atoms with E-state index in [-0.39, 0.29) is 5.91 Å². The molecule has 0 saturated heterocycles. The molecule has 1 aliphatic carbocycles. The van der Waals surface area contributed by atoms with Crippen molar-refractivity contribution in [2.45, 2.75) is 38.0 Å². The van der Waals surface area contributed by atoms with Crippen LogP contribution in [0.5, 0.6) is 5.75 Å². The molecule has 2 aromatic carbocycles. The van der Waals surface area contributed by atoms with Gasteiger partial charge < -0.3 is 10.1 Å². The summed E-state index contributed by atoms with van der Waals surface area (Å²) >= 11 is 12.1. The normalized spacial score (nSPS) is 19.8. The fourth-order valence-corrected chi connectivity index (χ4v) is 4.04. The van der Waals surface area contributed by atoms with Crippen LogP contribution in [-0.4, -0.2) is 13.0 Å². The van der Waals surface area contributed by atoms with Gasteiger partial charge in [-0.25, -0.2) is 0 Å². The smallest absolute Gasteiger partial charge is 0.224 e. The van der Waals surface area contributed by atoms with E-state index in [1.54, 1.807) is 19.2 Å². The Labute approximate surface area is 164 Å². The molecule has 0 spiro atoms. The minimum atomic E-state index is 0.0725. The van der Waals surface area contributed by atoms with Crippen LogP contribution < -0.4 is 10.1 Å². The van der Waals surface area contributed by atoms with Crippen LogP contribution in [0.2, 0.25) is 10.0 Å². The average Bonchev–Trinajstić information content (AvgIpc) is 2.64. The maximum atomic E-state index is 12.3. The van der Waals surface area contributed by atoms with Gasteiger partial charge in [-0.3, -0.25) is 4.79 Å². The first kappa shape index (κ1) is 19.1. The highest BCUT2D eigenvalue weighted by Crippen LogP contribution is 2.39. The number of nitrogens with one attached hydrogen (secondary N) is 1. The number of hydrogen-bond acceptors (Lipinski definition) is 2. The van der Waals surface area contributed by atoms with Crippen LogP contribution in [0.25, 0.3) is 0 Å². The molecule has 1 amide bonds. The highest BCUT2D eigenvalue weighted by Gasteiger charge is 2.24. The van der Waals surface area contributed by atoms with Gasteiger partial charge in [-0.1, -0.05) is 29.3 Å². The van der Waals surface area contributed by atoms with Crippen LogP contribution in [0, 0.1) is 5.92 Å². The Hall–Kier alpha value is -1.71. The maximum Gasteiger partial charge on any atom is 0.224 e. The molecule has 0 unspecified atom stereocenters. The molecule has 1 saturated carbocycles. The highest BCUT2D eigenvalue weighted by atomic mass is 35.5. The van der Waals surface area contributed by atoms with E-state index in [2.05, 4.69) is 11.4 Å². The molecule has 3 nitrogen and oxygen atoms in total.